The zero-order valence-electron chi connectivity index (χ0n) is 11.3. The fraction of sp³-hybridized carbons (Fsp3) is 0.118. The molecule has 3 heteroatoms. The average Bonchev–Trinajstić information content (AvgIpc) is 2.90. The quantitative estimate of drug-likeness (QED) is 0.639. The highest BCUT2D eigenvalue weighted by Crippen LogP contribution is 2.34. The molecule has 0 unspecified atom stereocenters. The fourth-order valence-corrected chi connectivity index (χ4v) is 3.18. The minimum absolute atomic E-state index is 0.298. The molecule has 2 aromatic carbocycles. The van der Waals surface area contributed by atoms with Gasteiger partial charge >= 0.3 is 5.97 Å². The molecule has 3 rings (SSSR count). The number of esters is 1. The molecular weight excluding hydrogens is 268 g/mol. The molecule has 0 spiro atoms. The first-order valence-corrected chi connectivity index (χ1v) is 7.23. The van der Waals surface area contributed by atoms with E-state index in [4.69, 9.17) is 4.74 Å². The van der Waals surface area contributed by atoms with Crippen molar-refractivity contribution in [1.29, 1.82) is 0 Å². The molecule has 0 saturated heterocycles. The Kier molecular flexibility index (Phi) is 3.28. The first-order chi connectivity index (χ1) is 9.69. The van der Waals surface area contributed by atoms with Gasteiger partial charge in [0.25, 0.3) is 0 Å². The first kappa shape index (κ1) is 12.9. The lowest BCUT2D eigenvalue weighted by atomic mass is 10.0. The molecular formula is C17H14O2S. The highest BCUT2D eigenvalue weighted by atomic mass is 32.1. The van der Waals surface area contributed by atoms with Crippen molar-refractivity contribution in [3.8, 4) is 11.1 Å². The summed E-state index contributed by atoms with van der Waals surface area (Å²) in [6.45, 7) is 2.07. The molecule has 0 aliphatic carbocycles. The molecule has 0 amide bonds. The summed E-state index contributed by atoms with van der Waals surface area (Å²) in [5.74, 6) is -0.298. The normalized spacial score (nSPS) is 10.7. The van der Waals surface area contributed by atoms with Gasteiger partial charge in [-0.05, 0) is 36.1 Å². The summed E-state index contributed by atoms with van der Waals surface area (Å²) in [5, 5.41) is 3.23. The molecule has 0 aliphatic rings. The number of rotatable bonds is 2. The van der Waals surface area contributed by atoms with Gasteiger partial charge in [0, 0.05) is 15.6 Å². The molecule has 100 valence electrons. The molecule has 1 aromatic heterocycles. The largest absolute Gasteiger partial charge is 0.465 e. The predicted molar refractivity (Wildman–Crippen MR) is 83.3 cm³/mol. The lowest BCUT2D eigenvalue weighted by Crippen LogP contribution is -2.00. The van der Waals surface area contributed by atoms with E-state index in [-0.39, 0.29) is 5.97 Å². The summed E-state index contributed by atoms with van der Waals surface area (Å²) in [4.78, 5) is 11.7. The molecule has 0 saturated carbocycles. The van der Waals surface area contributed by atoms with E-state index in [9.17, 15) is 4.79 Å². The van der Waals surface area contributed by atoms with Gasteiger partial charge in [-0.3, -0.25) is 0 Å². The van der Waals surface area contributed by atoms with Crippen LogP contribution in [-0.4, -0.2) is 13.1 Å². The van der Waals surface area contributed by atoms with Gasteiger partial charge in [-0.1, -0.05) is 29.8 Å². The minimum atomic E-state index is -0.298. The van der Waals surface area contributed by atoms with E-state index < -0.39 is 0 Å². The maximum absolute atomic E-state index is 11.7. The fourth-order valence-electron chi connectivity index (χ4n) is 2.23. The smallest absolute Gasteiger partial charge is 0.337 e. The maximum Gasteiger partial charge on any atom is 0.337 e. The SMILES string of the molecule is COC(=O)c1ccc2scc(-c3ccc(C)cc3)c2c1. The molecule has 0 radical (unpaired) electrons. The highest BCUT2D eigenvalue weighted by Gasteiger charge is 2.11. The second-order valence-corrected chi connectivity index (χ2v) is 5.63. The Morgan fingerprint density at radius 2 is 1.85 bits per heavy atom. The molecule has 0 bridgehead atoms. The van der Waals surface area contributed by atoms with Crippen LogP contribution in [0.2, 0.25) is 0 Å². The van der Waals surface area contributed by atoms with Gasteiger partial charge in [0.15, 0.2) is 0 Å². The van der Waals surface area contributed by atoms with Gasteiger partial charge in [-0.2, -0.15) is 0 Å². The van der Waals surface area contributed by atoms with Gasteiger partial charge in [-0.15, -0.1) is 11.3 Å². The van der Waals surface area contributed by atoms with Crippen LogP contribution in [0.5, 0.6) is 0 Å². The lowest BCUT2D eigenvalue weighted by molar-refractivity contribution is 0.0601. The number of benzene rings is 2. The summed E-state index contributed by atoms with van der Waals surface area (Å²) in [6.07, 6.45) is 0. The standard InChI is InChI=1S/C17H14O2S/c1-11-3-5-12(6-4-11)15-10-20-16-8-7-13(9-14(15)16)17(18)19-2/h3-10H,1-2H3. The van der Waals surface area contributed by atoms with Crippen LogP contribution >= 0.6 is 11.3 Å². The highest BCUT2D eigenvalue weighted by molar-refractivity contribution is 7.17. The molecule has 0 atom stereocenters. The Balaban J connectivity index is 2.16. The summed E-state index contributed by atoms with van der Waals surface area (Å²) in [5.41, 5.74) is 4.16. The van der Waals surface area contributed by atoms with Gasteiger partial charge < -0.3 is 4.74 Å². The lowest BCUT2D eigenvalue weighted by Gasteiger charge is -2.03. The molecule has 3 aromatic rings. The first-order valence-electron chi connectivity index (χ1n) is 6.35. The summed E-state index contributed by atoms with van der Waals surface area (Å²) < 4.78 is 5.96. The van der Waals surface area contributed by atoms with Crippen LogP contribution in [-0.2, 0) is 4.74 Å². The third-order valence-corrected chi connectivity index (χ3v) is 4.32. The van der Waals surface area contributed by atoms with Crippen molar-refractivity contribution in [3.05, 3.63) is 59.0 Å². The predicted octanol–water partition coefficient (Wildman–Crippen LogP) is 4.66. The number of fused-ring (bicyclic) bond motifs is 1. The third-order valence-electron chi connectivity index (χ3n) is 3.36. The van der Waals surface area contributed by atoms with Crippen LogP contribution in [0.4, 0.5) is 0 Å². The zero-order chi connectivity index (χ0) is 14.1. The van der Waals surface area contributed by atoms with Crippen LogP contribution in [0.25, 0.3) is 21.2 Å². The zero-order valence-corrected chi connectivity index (χ0v) is 12.2. The molecule has 0 N–H and O–H groups in total. The molecule has 0 aliphatic heterocycles. The monoisotopic (exact) mass is 282 g/mol. The van der Waals surface area contributed by atoms with Crippen molar-refractivity contribution in [3.63, 3.8) is 0 Å². The summed E-state index contributed by atoms with van der Waals surface area (Å²) in [6, 6.07) is 14.1. The average molecular weight is 282 g/mol. The summed E-state index contributed by atoms with van der Waals surface area (Å²) >= 11 is 1.69. The van der Waals surface area contributed by atoms with E-state index in [1.165, 1.54) is 22.9 Å². The Labute approximate surface area is 121 Å². The maximum atomic E-state index is 11.7. The number of methoxy groups -OCH3 is 1. The second kappa shape index (κ2) is 5.10. The number of ether oxygens (including phenoxy) is 1. The summed E-state index contributed by atoms with van der Waals surface area (Å²) in [7, 11) is 1.40. The second-order valence-electron chi connectivity index (χ2n) is 4.72. The number of hydrogen-bond donors (Lipinski definition) is 0. The van der Waals surface area contributed by atoms with Crippen molar-refractivity contribution >= 4 is 27.4 Å². The number of carbonyl (C=O) groups is 1. The van der Waals surface area contributed by atoms with Gasteiger partial charge in [0.05, 0.1) is 12.7 Å². The van der Waals surface area contributed by atoms with E-state index in [0.29, 0.717) is 5.56 Å². The number of aryl methyl sites for hydroxylation is 1. The van der Waals surface area contributed by atoms with Gasteiger partial charge in [0.2, 0.25) is 0 Å². The van der Waals surface area contributed by atoms with Crippen molar-refractivity contribution in [2.75, 3.05) is 7.11 Å². The minimum Gasteiger partial charge on any atom is -0.465 e. The van der Waals surface area contributed by atoms with Crippen LogP contribution in [0.3, 0.4) is 0 Å². The van der Waals surface area contributed by atoms with Crippen LogP contribution in [0.1, 0.15) is 15.9 Å². The molecule has 1 heterocycles. The van der Waals surface area contributed by atoms with E-state index >= 15 is 0 Å². The number of hydrogen-bond acceptors (Lipinski definition) is 3. The third kappa shape index (κ3) is 2.21. The molecule has 0 fully saturated rings. The van der Waals surface area contributed by atoms with Crippen LogP contribution in [0, 0.1) is 6.92 Å². The van der Waals surface area contributed by atoms with Crippen molar-refractivity contribution < 1.29 is 9.53 Å². The van der Waals surface area contributed by atoms with Crippen molar-refractivity contribution in [1.82, 2.24) is 0 Å². The Bertz CT molecular complexity index is 769. The van der Waals surface area contributed by atoms with Gasteiger partial charge in [-0.25, -0.2) is 4.79 Å². The van der Waals surface area contributed by atoms with Crippen molar-refractivity contribution in [2.45, 2.75) is 6.92 Å². The Morgan fingerprint density at radius 3 is 2.55 bits per heavy atom. The Hall–Kier alpha value is -2.13. The van der Waals surface area contributed by atoms with E-state index in [1.807, 2.05) is 18.2 Å². The number of carbonyl (C=O) groups excluding carboxylic acids is 1. The number of thiophene rings is 1. The van der Waals surface area contributed by atoms with E-state index in [0.717, 1.165) is 10.9 Å². The van der Waals surface area contributed by atoms with Crippen LogP contribution in [0.15, 0.2) is 47.8 Å². The van der Waals surface area contributed by atoms with Crippen molar-refractivity contribution in [2.24, 2.45) is 0 Å². The van der Waals surface area contributed by atoms with E-state index in [1.54, 1.807) is 11.3 Å². The molecule has 20 heavy (non-hydrogen) atoms. The Morgan fingerprint density at radius 1 is 1.10 bits per heavy atom. The van der Waals surface area contributed by atoms with Crippen LogP contribution < -0.4 is 0 Å². The van der Waals surface area contributed by atoms with Gasteiger partial charge in [0.1, 0.15) is 0 Å². The molecule has 2 nitrogen and oxygen atoms in total. The topological polar surface area (TPSA) is 26.3 Å². The van der Waals surface area contributed by atoms with E-state index in [2.05, 4.69) is 36.6 Å².